The number of aromatic nitrogens is 2. The molecular weight excluding hydrogens is 449 g/mol. The molecule has 0 saturated carbocycles. The average molecular weight is 478 g/mol. The molecule has 3 aromatic rings. The zero-order valence-electron chi connectivity index (χ0n) is 19.8. The third kappa shape index (κ3) is 5.92. The Morgan fingerprint density at radius 3 is 2.60 bits per heavy atom. The summed E-state index contributed by atoms with van der Waals surface area (Å²) in [7, 11) is 1.51. The highest BCUT2D eigenvalue weighted by atomic mass is 19.1. The van der Waals surface area contributed by atoms with Gasteiger partial charge in [0, 0.05) is 39.3 Å². The topological polar surface area (TPSA) is 87.5 Å². The number of halogens is 1. The van der Waals surface area contributed by atoms with Crippen LogP contribution >= 0.6 is 0 Å². The van der Waals surface area contributed by atoms with Gasteiger partial charge < -0.3 is 15.1 Å². The molecule has 0 bridgehead atoms. The van der Waals surface area contributed by atoms with Crippen LogP contribution < -0.4 is 5.32 Å². The SMILES string of the molecule is Cc1cccc(CN2CCCn3nc(C(=O)N(C)CC(=O)NCc4ccc(F)cc4)cc3C2=O)c1. The van der Waals surface area contributed by atoms with Crippen molar-refractivity contribution in [2.24, 2.45) is 0 Å². The van der Waals surface area contributed by atoms with Crippen LogP contribution in [0.3, 0.4) is 0 Å². The molecule has 0 saturated heterocycles. The van der Waals surface area contributed by atoms with Crippen LogP contribution in [0.5, 0.6) is 0 Å². The number of rotatable bonds is 7. The molecule has 1 aliphatic heterocycles. The summed E-state index contributed by atoms with van der Waals surface area (Å²) >= 11 is 0. The van der Waals surface area contributed by atoms with Crippen LogP contribution in [0.4, 0.5) is 4.39 Å². The fraction of sp³-hybridized carbons (Fsp3) is 0.308. The molecule has 0 fully saturated rings. The monoisotopic (exact) mass is 477 g/mol. The van der Waals surface area contributed by atoms with E-state index in [1.54, 1.807) is 21.7 Å². The molecule has 1 N–H and O–H groups in total. The number of nitrogens with one attached hydrogen (secondary N) is 1. The first-order valence-corrected chi connectivity index (χ1v) is 11.5. The summed E-state index contributed by atoms with van der Waals surface area (Å²) in [6.07, 6.45) is 0.724. The van der Waals surface area contributed by atoms with Crippen LogP contribution in [0.1, 0.15) is 44.1 Å². The molecule has 1 aromatic heterocycles. The fourth-order valence-electron chi connectivity index (χ4n) is 4.06. The van der Waals surface area contributed by atoms with Gasteiger partial charge in [-0.2, -0.15) is 5.10 Å². The normalized spacial score (nSPS) is 13.2. The Bertz CT molecular complexity index is 1240. The van der Waals surface area contributed by atoms with E-state index >= 15 is 0 Å². The first kappa shape index (κ1) is 24.1. The zero-order valence-corrected chi connectivity index (χ0v) is 19.8. The van der Waals surface area contributed by atoms with Gasteiger partial charge in [0.05, 0.1) is 6.54 Å². The Morgan fingerprint density at radius 1 is 1.09 bits per heavy atom. The number of hydrogen-bond acceptors (Lipinski definition) is 4. The van der Waals surface area contributed by atoms with Crippen LogP contribution in [0, 0.1) is 12.7 Å². The molecule has 0 radical (unpaired) electrons. The minimum absolute atomic E-state index is 0.125. The van der Waals surface area contributed by atoms with E-state index in [2.05, 4.69) is 16.5 Å². The lowest BCUT2D eigenvalue weighted by molar-refractivity contribution is -0.121. The third-order valence-corrected chi connectivity index (χ3v) is 5.89. The van der Waals surface area contributed by atoms with E-state index in [9.17, 15) is 18.8 Å². The van der Waals surface area contributed by atoms with Gasteiger partial charge in [0.2, 0.25) is 5.91 Å². The first-order chi connectivity index (χ1) is 16.8. The molecule has 35 heavy (non-hydrogen) atoms. The summed E-state index contributed by atoms with van der Waals surface area (Å²) in [6, 6.07) is 15.4. The van der Waals surface area contributed by atoms with E-state index in [4.69, 9.17) is 0 Å². The van der Waals surface area contributed by atoms with Crippen molar-refractivity contribution >= 4 is 17.7 Å². The van der Waals surface area contributed by atoms with Gasteiger partial charge in [0.15, 0.2) is 5.69 Å². The highest BCUT2D eigenvalue weighted by Gasteiger charge is 2.27. The third-order valence-electron chi connectivity index (χ3n) is 5.89. The molecule has 1 aliphatic rings. The second kappa shape index (κ2) is 10.5. The number of fused-ring (bicyclic) bond motifs is 1. The van der Waals surface area contributed by atoms with Crippen molar-refractivity contribution in [1.29, 1.82) is 0 Å². The van der Waals surface area contributed by atoms with Crippen LogP contribution in [-0.2, 0) is 24.4 Å². The number of carbonyl (C=O) groups is 3. The predicted molar refractivity (Wildman–Crippen MR) is 128 cm³/mol. The predicted octanol–water partition coefficient (Wildman–Crippen LogP) is 2.77. The van der Waals surface area contributed by atoms with Crippen molar-refractivity contribution in [1.82, 2.24) is 24.9 Å². The van der Waals surface area contributed by atoms with Crippen molar-refractivity contribution in [2.75, 3.05) is 20.1 Å². The van der Waals surface area contributed by atoms with Crippen molar-refractivity contribution < 1.29 is 18.8 Å². The molecule has 0 atom stereocenters. The Labute approximate surface area is 203 Å². The van der Waals surface area contributed by atoms with E-state index < -0.39 is 5.91 Å². The summed E-state index contributed by atoms with van der Waals surface area (Å²) < 4.78 is 14.6. The summed E-state index contributed by atoms with van der Waals surface area (Å²) in [5.74, 6) is -1.32. The summed E-state index contributed by atoms with van der Waals surface area (Å²) in [5, 5.41) is 7.07. The first-order valence-electron chi connectivity index (χ1n) is 11.5. The molecule has 0 unspecified atom stereocenters. The second-order valence-electron chi connectivity index (χ2n) is 8.77. The van der Waals surface area contributed by atoms with Gasteiger partial charge in [-0.15, -0.1) is 0 Å². The lowest BCUT2D eigenvalue weighted by atomic mass is 10.1. The standard InChI is InChI=1S/C26H28FN5O3/c1-18-5-3-6-20(13-18)16-31-11-4-12-32-23(26(31)35)14-22(29-32)25(34)30(2)17-24(33)28-15-19-7-9-21(27)10-8-19/h3,5-10,13-14H,4,11-12,15-17H2,1-2H3,(H,28,33). The maximum absolute atomic E-state index is 13.2. The smallest absolute Gasteiger partial charge is 0.274 e. The maximum Gasteiger partial charge on any atom is 0.274 e. The molecule has 0 aliphatic carbocycles. The Kier molecular flexibility index (Phi) is 7.24. The molecule has 3 amide bonds. The highest BCUT2D eigenvalue weighted by molar-refractivity contribution is 5.99. The minimum Gasteiger partial charge on any atom is -0.350 e. The number of aryl methyl sites for hydroxylation is 2. The van der Waals surface area contributed by atoms with Gasteiger partial charge in [-0.1, -0.05) is 42.0 Å². The van der Waals surface area contributed by atoms with Crippen LogP contribution in [0.25, 0.3) is 0 Å². The highest BCUT2D eigenvalue weighted by Crippen LogP contribution is 2.18. The van der Waals surface area contributed by atoms with E-state index in [0.29, 0.717) is 25.3 Å². The van der Waals surface area contributed by atoms with Crippen LogP contribution in [-0.4, -0.2) is 57.4 Å². The Hall–Kier alpha value is -4.01. The molecule has 4 rings (SSSR count). The van der Waals surface area contributed by atoms with E-state index in [-0.39, 0.29) is 36.4 Å². The second-order valence-corrected chi connectivity index (χ2v) is 8.77. The van der Waals surface area contributed by atoms with Gasteiger partial charge in [-0.25, -0.2) is 4.39 Å². The van der Waals surface area contributed by atoms with E-state index in [1.807, 2.05) is 25.1 Å². The molecule has 182 valence electrons. The quantitative estimate of drug-likeness (QED) is 0.567. The fourth-order valence-corrected chi connectivity index (χ4v) is 4.06. The van der Waals surface area contributed by atoms with Crippen molar-refractivity contribution in [2.45, 2.75) is 33.0 Å². The van der Waals surface area contributed by atoms with Gasteiger partial charge in [0.25, 0.3) is 11.8 Å². The number of carbonyl (C=O) groups excluding carboxylic acids is 3. The van der Waals surface area contributed by atoms with Crippen molar-refractivity contribution in [3.8, 4) is 0 Å². The average Bonchev–Trinajstić information content (AvgIpc) is 3.20. The summed E-state index contributed by atoms with van der Waals surface area (Å²) in [5.41, 5.74) is 3.42. The Balaban J connectivity index is 1.38. The van der Waals surface area contributed by atoms with Gasteiger partial charge in [-0.3, -0.25) is 19.1 Å². The van der Waals surface area contributed by atoms with E-state index in [1.165, 1.54) is 30.1 Å². The lowest BCUT2D eigenvalue weighted by Gasteiger charge is -2.20. The maximum atomic E-state index is 13.2. The van der Waals surface area contributed by atoms with Gasteiger partial charge in [0.1, 0.15) is 11.5 Å². The molecule has 2 aromatic carbocycles. The largest absolute Gasteiger partial charge is 0.350 e. The van der Waals surface area contributed by atoms with Crippen molar-refractivity contribution in [3.05, 3.63) is 88.5 Å². The molecule has 9 heteroatoms. The van der Waals surface area contributed by atoms with E-state index in [0.717, 1.165) is 23.1 Å². The zero-order chi connectivity index (χ0) is 24.9. The molecule has 8 nitrogen and oxygen atoms in total. The van der Waals surface area contributed by atoms with Crippen LogP contribution in [0.15, 0.2) is 54.6 Å². The Morgan fingerprint density at radius 2 is 1.86 bits per heavy atom. The summed E-state index contributed by atoms with van der Waals surface area (Å²) in [6.45, 7) is 3.69. The van der Waals surface area contributed by atoms with Crippen LogP contribution in [0.2, 0.25) is 0 Å². The number of amides is 3. The molecule has 0 spiro atoms. The number of nitrogens with zero attached hydrogens (tertiary/aromatic N) is 4. The number of likely N-dealkylation sites (N-methyl/N-ethyl adjacent to an activating group) is 1. The summed E-state index contributed by atoms with van der Waals surface area (Å²) in [4.78, 5) is 41.5. The number of benzene rings is 2. The number of hydrogen-bond donors (Lipinski definition) is 1. The lowest BCUT2D eigenvalue weighted by Crippen LogP contribution is -2.38. The van der Waals surface area contributed by atoms with Gasteiger partial charge in [-0.05, 0) is 36.6 Å². The molecular formula is C26H28FN5O3. The minimum atomic E-state index is -0.444. The van der Waals surface area contributed by atoms with Gasteiger partial charge >= 0.3 is 0 Å². The molecule has 2 heterocycles. The van der Waals surface area contributed by atoms with Crippen molar-refractivity contribution in [3.63, 3.8) is 0 Å².